The molecule has 186 valence electrons. The zero-order valence-corrected chi connectivity index (χ0v) is 19.1. The summed E-state index contributed by atoms with van der Waals surface area (Å²) < 4.78 is 61.4. The molecular formula is C23H17F3N4O5S. The standard InChI is InChI=1S/C23H17F3N4O5S/c24-23(25,26)36(34,35)18-8-6-17(7-9-18)30-20(31)14-29(22(30)33)13-16-10-11-27-12-19(16)28-21(32)15-4-2-1-3-5-15/h1-12H,13-14H2,(H,28,32). The van der Waals surface area contributed by atoms with Crippen LogP contribution in [0.25, 0.3) is 0 Å². The fourth-order valence-electron chi connectivity index (χ4n) is 3.50. The number of rotatable bonds is 6. The Morgan fingerprint density at radius 2 is 1.67 bits per heavy atom. The van der Waals surface area contributed by atoms with Crippen molar-refractivity contribution in [1.29, 1.82) is 0 Å². The molecule has 2 aromatic carbocycles. The van der Waals surface area contributed by atoms with Crippen molar-refractivity contribution in [2.24, 2.45) is 0 Å². The van der Waals surface area contributed by atoms with Crippen molar-refractivity contribution >= 4 is 39.1 Å². The van der Waals surface area contributed by atoms with Crippen LogP contribution in [0.15, 0.2) is 78.0 Å². The summed E-state index contributed by atoms with van der Waals surface area (Å²) in [6.45, 7) is -0.412. The lowest BCUT2D eigenvalue weighted by Gasteiger charge is -2.19. The third kappa shape index (κ3) is 4.77. The minimum absolute atomic E-state index is 0.0749. The van der Waals surface area contributed by atoms with Crippen LogP contribution in [0.5, 0.6) is 0 Å². The number of nitrogens with zero attached hydrogens (tertiary/aromatic N) is 3. The number of hydrogen-bond acceptors (Lipinski definition) is 6. The Morgan fingerprint density at radius 1 is 1.00 bits per heavy atom. The summed E-state index contributed by atoms with van der Waals surface area (Å²) in [5.41, 5.74) is -4.35. The van der Waals surface area contributed by atoms with Gasteiger partial charge in [-0.05, 0) is 48.0 Å². The van der Waals surface area contributed by atoms with Crippen LogP contribution in [-0.4, -0.2) is 48.2 Å². The highest BCUT2D eigenvalue weighted by Crippen LogP contribution is 2.32. The first-order valence-electron chi connectivity index (χ1n) is 10.3. The number of urea groups is 1. The molecule has 0 bridgehead atoms. The van der Waals surface area contributed by atoms with Gasteiger partial charge in [0.2, 0.25) is 0 Å². The highest BCUT2D eigenvalue weighted by atomic mass is 32.2. The van der Waals surface area contributed by atoms with E-state index in [-0.39, 0.29) is 18.8 Å². The summed E-state index contributed by atoms with van der Waals surface area (Å²) in [6, 6.07) is 12.5. The first kappa shape index (κ1) is 24.9. The maximum absolute atomic E-state index is 12.9. The SMILES string of the molecule is O=C(Nc1cnccc1CN1CC(=O)N(c2ccc(S(=O)(=O)C(F)(F)F)cc2)C1=O)c1ccccc1. The van der Waals surface area contributed by atoms with Crippen LogP contribution in [0.4, 0.5) is 29.3 Å². The topological polar surface area (TPSA) is 117 Å². The number of benzene rings is 2. The second kappa shape index (κ2) is 9.41. The van der Waals surface area contributed by atoms with Crippen molar-refractivity contribution in [3.05, 3.63) is 84.2 Å². The molecule has 0 atom stereocenters. The van der Waals surface area contributed by atoms with E-state index in [0.717, 1.165) is 17.0 Å². The summed E-state index contributed by atoms with van der Waals surface area (Å²) in [6.07, 6.45) is 2.85. The molecule has 0 radical (unpaired) electrons. The Kier molecular flexibility index (Phi) is 6.50. The second-order valence-electron chi connectivity index (χ2n) is 7.66. The van der Waals surface area contributed by atoms with Crippen LogP contribution in [-0.2, 0) is 21.2 Å². The Bertz CT molecular complexity index is 1430. The largest absolute Gasteiger partial charge is 0.501 e. The lowest BCUT2D eigenvalue weighted by molar-refractivity contribution is -0.116. The molecule has 1 aliphatic rings. The van der Waals surface area contributed by atoms with Crippen LogP contribution in [0.3, 0.4) is 0 Å². The maximum atomic E-state index is 12.9. The number of sulfone groups is 1. The lowest BCUT2D eigenvalue weighted by atomic mass is 10.2. The summed E-state index contributed by atoms with van der Waals surface area (Å²) >= 11 is 0. The van der Waals surface area contributed by atoms with E-state index < -0.39 is 38.1 Å². The van der Waals surface area contributed by atoms with Gasteiger partial charge < -0.3 is 10.2 Å². The van der Waals surface area contributed by atoms with Crippen LogP contribution >= 0.6 is 0 Å². The molecule has 3 aromatic rings. The van der Waals surface area contributed by atoms with Crippen molar-refractivity contribution in [2.45, 2.75) is 16.9 Å². The van der Waals surface area contributed by atoms with E-state index in [1.165, 1.54) is 17.3 Å². The highest BCUT2D eigenvalue weighted by molar-refractivity contribution is 7.92. The third-order valence-corrected chi connectivity index (χ3v) is 6.81. The third-order valence-electron chi connectivity index (χ3n) is 5.30. The van der Waals surface area contributed by atoms with Crippen molar-refractivity contribution < 1.29 is 36.0 Å². The van der Waals surface area contributed by atoms with Crippen molar-refractivity contribution in [3.8, 4) is 0 Å². The van der Waals surface area contributed by atoms with Crippen LogP contribution in [0.1, 0.15) is 15.9 Å². The molecule has 9 nitrogen and oxygen atoms in total. The first-order valence-corrected chi connectivity index (χ1v) is 11.8. The van der Waals surface area contributed by atoms with E-state index in [4.69, 9.17) is 0 Å². The molecule has 0 aliphatic carbocycles. The predicted octanol–water partition coefficient (Wildman–Crippen LogP) is 3.60. The van der Waals surface area contributed by atoms with Crippen molar-refractivity contribution in [3.63, 3.8) is 0 Å². The van der Waals surface area contributed by atoms with Crippen LogP contribution < -0.4 is 10.2 Å². The number of imide groups is 1. The molecule has 1 aromatic heterocycles. The van der Waals surface area contributed by atoms with E-state index in [9.17, 15) is 36.0 Å². The smallest absolute Gasteiger partial charge is 0.320 e. The zero-order chi connectivity index (χ0) is 26.1. The van der Waals surface area contributed by atoms with E-state index in [0.29, 0.717) is 28.9 Å². The number of aromatic nitrogens is 1. The Morgan fingerprint density at radius 3 is 2.31 bits per heavy atom. The molecule has 1 fully saturated rings. The summed E-state index contributed by atoms with van der Waals surface area (Å²) in [7, 11) is -5.57. The summed E-state index contributed by atoms with van der Waals surface area (Å²) in [5, 5.41) is 2.72. The Hall–Kier alpha value is -4.26. The minimum atomic E-state index is -5.57. The Balaban J connectivity index is 1.52. The van der Waals surface area contributed by atoms with Crippen LogP contribution in [0.2, 0.25) is 0 Å². The molecule has 1 saturated heterocycles. The molecule has 1 aliphatic heterocycles. The van der Waals surface area contributed by atoms with E-state index in [1.54, 1.807) is 36.4 Å². The quantitative estimate of drug-likeness (QED) is 0.499. The minimum Gasteiger partial charge on any atom is -0.320 e. The number of hydrogen-bond donors (Lipinski definition) is 1. The summed E-state index contributed by atoms with van der Waals surface area (Å²) in [4.78, 5) is 42.9. The van der Waals surface area contributed by atoms with Crippen molar-refractivity contribution in [1.82, 2.24) is 9.88 Å². The zero-order valence-electron chi connectivity index (χ0n) is 18.3. The van der Waals surface area contributed by atoms with Gasteiger partial charge >= 0.3 is 11.5 Å². The molecule has 36 heavy (non-hydrogen) atoms. The molecule has 0 unspecified atom stereocenters. The molecule has 0 spiro atoms. The fraction of sp³-hybridized carbons (Fsp3) is 0.130. The second-order valence-corrected chi connectivity index (χ2v) is 9.61. The molecule has 0 saturated carbocycles. The van der Waals surface area contributed by atoms with Crippen LogP contribution in [0, 0.1) is 0 Å². The number of halogens is 3. The van der Waals surface area contributed by atoms with Gasteiger partial charge in [0.15, 0.2) is 0 Å². The Labute approximate surface area is 203 Å². The highest BCUT2D eigenvalue weighted by Gasteiger charge is 2.47. The van der Waals surface area contributed by atoms with Gasteiger partial charge in [-0.1, -0.05) is 18.2 Å². The number of nitrogens with one attached hydrogen (secondary N) is 1. The van der Waals surface area contributed by atoms with Gasteiger partial charge in [0.05, 0.1) is 29.0 Å². The average molecular weight is 518 g/mol. The maximum Gasteiger partial charge on any atom is 0.501 e. The van der Waals surface area contributed by atoms with Gasteiger partial charge in [0.25, 0.3) is 21.7 Å². The lowest BCUT2D eigenvalue weighted by Crippen LogP contribution is -2.33. The molecular weight excluding hydrogens is 501 g/mol. The number of anilines is 2. The molecule has 4 amide bonds. The molecule has 1 N–H and O–H groups in total. The molecule has 4 rings (SSSR count). The van der Waals surface area contributed by atoms with Gasteiger partial charge in [0.1, 0.15) is 6.54 Å². The van der Waals surface area contributed by atoms with E-state index >= 15 is 0 Å². The number of alkyl halides is 3. The number of carbonyl (C=O) groups is 3. The van der Waals surface area contributed by atoms with E-state index in [1.807, 2.05) is 0 Å². The predicted molar refractivity (Wildman–Crippen MR) is 122 cm³/mol. The number of amides is 4. The average Bonchev–Trinajstić information content (AvgIpc) is 3.12. The van der Waals surface area contributed by atoms with Crippen molar-refractivity contribution in [2.75, 3.05) is 16.8 Å². The normalized spacial score (nSPS) is 14.3. The van der Waals surface area contributed by atoms with Gasteiger partial charge in [-0.15, -0.1) is 0 Å². The first-order chi connectivity index (χ1) is 17.0. The molecule has 2 heterocycles. The number of pyridine rings is 1. The van der Waals surface area contributed by atoms with Gasteiger partial charge in [-0.25, -0.2) is 18.1 Å². The van der Waals surface area contributed by atoms with Gasteiger partial charge in [0, 0.05) is 11.8 Å². The van der Waals surface area contributed by atoms with Gasteiger partial charge in [-0.2, -0.15) is 13.2 Å². The fourth-order valence-corrected chi connectivity index (χ4v) is 4.26. The monoisotopic (exact) mass is 518 g/mol. The van der Waals surface area contributed by atoms with Gasteiger partial charge in [-0.3, -0.25) is 14.6 Å². The number of carbonyl (C=O) groups excluding carboxylic acids is 3. The molecule has 13 heteroatoms. The summed E-state index contributed by atoms with van der Waals surface area (Å²) in [5.74, 6) is -1.06. The van der Waals surface area contributed by atoms with E-state index in [2.05, 4.69) is 10.3 Å².